The molecule has 146 valence electrons. The molecule has 1 aromatic rings. The van der Waals surface area contributed by atoms with Crippen LogP contribution in [0.15, 0.2) is 35.3 Å². The lowest BCUT2D eigenvalue weighted by atomic mass is 10.3. The topological polar surface area (TPSA) is 52.1 Å². The molecule has 26 heavy (non-hydrogen) atoms. The lowest BCUT2D eigenvalue weighted by molar-refractivity contribution is 0.280. The summed E-state index contributed by atoms with van der Waals surface area (Å²) in [4.78, 5) is 9.59. The van der Waals surface area contributed by atoms with Crippen LogP contribution in [0.4, 0.5) is 0 Å². The summed E-state index contributed by atoms with van der Waals surface area (Å²) in [6, 6.07) is 9.94. The van der Waals surface area contributed by atoms with Crippen LogP contribution in [-0.4, -0.2) is 81.8 Å². The summed E-state index contributed by atoms with van der Waals surface area (Å²) in [5, 5.41) is 6.77. The third-order valence-electron chi connectivity index (χ3n) is 4.46. The van der Waals surface area contributed by atoms with Gasteiger partial charge in [0.1, 0.15) is 5.75 Å². The molecule has 1 fully saturated rings. The molecular formula is C20H35N5O. The summed E-state index contributed by atoms with van der Waals surface area (Å²) in [5.41, 5.74) is 0. The molecule has 1 aliphatic rings. The molecule has 0 radical (unpaired) electrons. The van der Waals surface area contributed by atoms with Crippen LogP contribution in [0.25, 0.3) is 0 Å². The highest BCUT2D eigenvalue weighted by Gasteiger charge is 2.11. The van der Waals surface area contributed by atoms with Crippen molar-refractivity contribution in [1.82, 2.24) is 20.4 Å². The fourth-order valence-corrected chi connectivity index (χ4v) is 2.96. The molecule has 0 aliphatic carbocycles. The van der Waals surface area contributed by atoms with Gasteiger partial charge in [-0.25, -0.2) is 0 Å². The number of benzene rings is 1. The summed E-state index contributed by atoms with van der Waals surface area (Å²) in [7, 11) is 2.21. The highest BCUT2D eigenvalue weighted by molar-refractivity contribution is 5.79. The van der Waals surface area contributed by atoms with Gasteiger partial charge in [-0.1, -0.05) is 18.2 Å². The first-order valence-electron chi connectivity index (χ1n) is 9.89. The largest absolute Gasteiger partial charge is 0.494 e. The highest BCUT2D eigenvalue weighted by atomic mass is 16.5. The Morgan fingerprint density at radius 1 is 1.12 bits per heavy atom. The normalized spacial score (nSPS) is 16.9. The number of para-hydroxylation sites is 1. The predicted octanol–water partition coefficient (Wildman–Crippen LogP) is 1.65. The Hall–Kier alpha value is -1.79. The number of hydrogen-bond acceptors (Lipinski definition) is 4. The van der Waals surface area contributed by atoms with Gasteiger partial charge in [-0.3, -0.25) is 4.99 Å². The molecule has 2 rings (SSSR count). The van der Waals surface area contributed by atoms with Crippen LogP contribution in [0.2, 0.25) is 0 Å². The van der Waals surface area contributed by atoms with Crippen LogP contribution in [0, 0.1) is 0 Å². The quantitative estimate of drug-likeness (QED) is 0.398. The van der Waals surface area contributed by atoms with Gasteiger partial charge < -0.3 is 25.2 Å². The molecule has 1 aliphatic heterocycles. The van der Waals surface area contributed by atoms with E-state index in [1.165, 1.54) is 19.5 Å². The van der Waals surface area contributed by atoms with E-state index in [4.69, 9.17) is 4.74 Å². The van der Waals surface area contributed by atoms with E-state index in [2.05, 4.69) is 39.4 Å². The van der Waals surface area contributed by atoms with Crippen molar-refractivity contribution in [3.63, 3.8) is 0 Å². The molecule has 0 unspecified atom stereocenters. The highest BCUT2D eigenvalue weighted by Crippen LogP contribution is 2.08. The van der Waals surface area contributed by atoms with Crippen molar-refractivity contribution < 1.29 is 4.74 Å². The lowest BCUT2D eigenvalue weighted by Crippen LogP contribution is -2.42. The maximum absolute atomic E-state index is 5.71. The molecule has 1 aromatic carbocycles. The Balaban J connectivity index is 1.62. The van der Waals surface area contributed by atoms with Gasteiger partial charge in [-0.15, -0.1) is 0 Å². The minimum atomic E-state index is 0.689. The van der Waals surface area contributed by atoms with Crippen LogP contribution in [0.3, 0.4) is 0 Å². The average molecular weight is 362 g/mol. The minimum absolute atomic E-state index is 0.689. The number of likely N-dealkylation sites (N-methyl/N-ethyl adjacent to an activating group) is 1. The van der Waals surface area contributed by atoms with Gasteiger partial charge in [0.15, 0.2) is 5.96 Å². The van der Waals surface area contributed by atoms with E-state index >= 15 is 0 Å². The Morgan fingerprint density at radius 2 is 1.96 bits per heavy atom. The number of aliphatic imine (C=N–C) groups is 1. The first-order chi connectivity index (χ1) is 12.8. The van der Waals surface area contributed by atoms with E-state index in [0.29, 0.717) is 6.61 Å². The number of rotatable bonds is 9. The molecular weight excluding hydrogens is 326 g/mol. The van der Waals surface area contributed by atoms with Crippen LogP contribution in [0.1, 0.15) is 19.8 Å². The van der Waals surface area contributed by atoms with Crippen LogP contribution in [0.5, 0.6) is 5.75 Å². The molecule has 2 N–H and O–H groups in total. The van der Waals surface area contributed by atoms with E-state index in [-0.39, 0.29) is 0 Å². The summed E-state index contributed by atoms with van der Waals surface area (Å²) < 4.78 is 5.71. The van der Waals surface area contributed by atoms with Gasteiger partial charge in [-0.2, -0.15) is 0 Å². The van der Waals surface area contributed by atoms with Gasteiger partial charge in [0.25, 0.3) is 0 Å². The standard InChI is InChI=1S/C20H35N5O/c1-3-21-20(22-11-7-18-26-19-9-5-4-6-10-19)23-12-15-25-14-8-13-24(2)16-17-25/h4-6,9-10H,3,7-8,11-18H2,1-2H3,(H2,21,22,23). The predicted molar refractivity (Wildman–Crippen MR) is 109 cm³/mol. The Morgan fingerprint density at radius 3 is 2.77 bits per heavy atom. The van der Waals surface area contributed by atoms with Crippen LogP contribution >= 0.6 is 0 Å². The molecule has 0 spiro atoms. The fraction of sp³-hybridized carbons (Fsp3) is 0.650. The Labute approximate surface area is 158 Å². The second kappa shape index (κ2) is 12.5. The smallest absolute Gasteiger partial charge is 0.191 e. The zero-order valence-corrected chi connectivity index (χ0v) is 16.4. The molecule has 0 saturated carbocycles. The second-order valence-corrected chi connectivity index (χ2v) is 6.70. The molecule has 6 heteroatoms. The third kappa shape index (κ3) is 8.54. The molecule has 0 amide bonds. The summed E-state index contributed by atoms with van der Waals surface area (Å²) in [6.07, 6.45) is 2.16. The maximum Gasteiger partial charge on any atom is 0.191 e. The number of nitrogens with zero attached hydrogens (tertiary/aromatic N) is 3. The van der Waals surface area contributed by atoms with E-state index in [1.54, 1.807) is 0 Å². The first-order valence-corrected chi connectivity index (χ1v) is 9.89. The number of guanidine groups is 1. The van der Waals surface area contributed by atoms with Gasteiger partial charge in [0.2, 0.25) is 0 Å². The molecule has 0 aromatic heterocycles. The van der Waals surface area contributed by atoms with Gasteiger partial charge in [0, 0.05) is 45.7 Å². The Bertz CT molecular complexity index is 508. The van der Waals surface area contributed by atoms with Crippen molar-refractivity contribution in [2.75, 3.05) is 66.0 Å². The number of hydrogen-bond donors (Lipinski definition) is 2. The summed E-state index contributed by atoms with van der Waals surface area (Å²) in [5.74, 6) is 1.82. The monoisotopic (exact) mass is 361 g/mol. The van der Waals surface area contributed by atoms with Gasteiger partial charge in [0.05, 0.1) is 6.61 Å². The first kappa shape index (κ1) is 20.5. The van der Waals surface area contributed by atoms with Crippen molar-refractivity contribution in [2.45, 2.75) is 19.8 Å². The van der Waals surface area contributed by atoms with E-state index in [1.807, 2.05) is 30.3 Å². The third-order valence-corrected chi connectivity index (χ3v) is 4.46. The fourth-order valence-electron chi connectivity index (χ4n) is 2.96. The zero-order chi connectivity index (χ0) is 18.5. The minimum Gasteiger partial charge on any atom is -0.494 e. The second-order valence-electron chi connectivity index (χ2n) is 6.70. The average Bonchev–Trinajstić information content (AvgIpc) is 2.86. The van der Waals surface area contributed by atoms with Crippen molar-refractivity contribution in [1.29, 1.82) is 0 Å². The molecule has 1 saturated heterocycles. The van der Waals surface area contributed by atoms with Crippen LogP contribution in [-0.2, 0) is 0 Å². The maximum atomic E-state index is 5.71. The van der Waals surface area contributed by atoms with Gasteiger partial charge in [-0.05, 0) is 45.6 Å². The molecule has 0 bridgehead atoms. The van der Waals surface area contributed by atoms with Crippen molar-refractivity contribution in [2.24, 2.45) is 4.99 Å². The van der Waals surface area contributed by atoms with Crippen molar-refractivity contribution in [3.05, 3.63) is 30.3 Å². The van der Waals surface area contributed by atoms with Crippen molar-refractivity contribution >= 4 is 5.96 Å². The lowest BCUT2D eigenvalue weighted by Gasteiger charge is -2.21. The van der Waals surface area contributed by atoms with Crippen LogP contribution < -0.4 is 15.4 Å². The molecule has 0 atom stereocenters. The van der Waals surface area contributed by atoms with Gasteiger partial charge >= 0.3 is 0 Å². The van der Waals surface area contributed by atoms with Crippen molar-refractivity contribution in [3.8, 4) is 5.75 Å². The summed E-state index contributed by atoms with van der Waals surface area (Å²) >= 11 is 0. The zero-order valence-electron chi connectivity index (χ0n) is 16.4. The summed E-state index contributed by atoms with van der Waals surface area (Å²) in [6.45, 7) is 11.1. The Kier molecular flexibility index (Phi) is 9.90. The molecule has 1 heterocycles. The number of ether oxygens (including phenoxy) is 1. The number of nitrogens with one attached hydrogen (secondary N) is 2. The molecule has 6 nitrogen and oxygen atoms in total. The van der Waals surface area contributed by atoms with E-state index in [9.17, 15) is 0 Å². The van der Waals surface area contributed by atoms with E-state index in [0.717, 1.165) is 57.4 Å². The SMILES string of the molecule is CCNC(=NCCCOc1ccccc1)NCCN1CCCN(C)CC1. The van der Waals surface area contributed by atoms with E-state index < -0.39 is 0 Å².